The van der Waals surface area contributed by atoms with Crippen molar-refractivity contribution in [1.82, 2.24) is 19.9 Å². The van der Waals surface area contributed by atoms with Gasteiger partial charge in [-0.3, -0.25) is 0 Å². The molecule has 5 heteroatoms. The number of hydrogen-bond donors (Lipinski definition) is 1. The summed E-state index contributed by atoms with van der Waals surface area (Å²) in [6, 6.07) is 3.68. The minimum atomic E-state index is -0.443. The zero-order chi connectivity index (χ0) is 11.8. The van der Waals surface area contributed by atoms with Crippen LogP contribution in [0.5, 0.6) is 0 Å². The van der Waals surface area contributed by atoms with Crippen LogP contribution in [-0.4, -0.2) is 21.1 Å². The SMILES string of the molecule is CC1NCCn2c(-c3cccnc3F)cnc21. The second kappa shape index (κ2) is 3.92. The van der Waals surface area contributed by atoms with E-state index >= 15 is 0 Å². The van der Waals surface area contributed by atoms with E-state index in [9.17, 15) is 4.39 Å². The minimum absolute atomic E-state index is 0.206. The van der Waals surface area contributed by atoms with Gasteiger partial charge in [-0.25, -0.2) is 9.97 Å². The molecule has 0 saturated carbocycles. The molecule has 2 aromatic heterocycles. The van der Waals surface area contributed by atoms with Gasteiger partial charge in [0.15, 0.2) is 0 Å². The highest BCUT2D eigenvalue weighted by Crippen LogP contribution is 2.26. The monoisotopic (exact) mass is 232 g/mol. The molecule has 3 heterocycles. The zero-order valence-electron chi connectivity index (χ0n) is 9.52. The molecular formula is C12H13FN4. The average molecular weight is 232 g/mol. The summed E-state index contributed by atoms with van der Waals surface area (Å²) in [5, 5.41) is 3.32. The molecule has 0 radical (unpaired) electrons. The van der Waals surface area contributed by atoms with Gasteiger partial charge in [0.25, 0.3) is 0 Å². The van der Waals surface area contributed by atoms with Gasteiger partial charge in [-0.1, -0.05) is 0 Å². The Kier molecular flexibility index (Phi) is 2.40. The molecule has 0 fully saturated rings. The Morgan fingerprint density at radius 2 is 2.35 bits per heavy atom. The van der Waals surface area contributed by atoms with Crippen molar-refractivity contribution < 1.29 is 4.39 Å². The number of pyridine rings is 1. The predicted molar refractivity (Wildman–Crippen MR) is 61.8 cm³/mol. The number of nitrogens with one attached hydrogen (secondary N) is 1. The smallest absolute Gasteiger partial charge is 0.222 e. The summed E-state index contributed by atoms with van der Waals surface area (Å²) in [4.78, 5) is 8.04. The van der Waals surface area contributed by atoms with E-state index in [-0.39, 0.29) is 6.04 Å². The van der Waals surface area contributed by atoms with Crippen LogP contribution in [0.2, 0.25) is 0 Å². The zero-order valence-corrected chi connectivity index (χ0v) is 9.52. The summed E-state index contributed by atoms with van der Waals surface area (Å²) in [7, 11) is 0. The second-order valence-electron chi connectivity index (χ2n) is 4.17. The Balaban J connectivity index is 2.14. The number of halogens is 1. The Bertz CT molecular complexity index is 549. The predicted octanol–water partition coefficient (Wildman–Crippen LogP) is 1.75. The van der Waals surface area contributed by atoms with E-state index < -0.39 is 5.95 Å². The summed E-state index contributed by atoms with van der Waals surface area (Å²) in [6.07, 6.45) is 3.18. The number of fused-ring (bicyclic) bond motifs is 1. The van der Waals surface area contributed by atoms with Gasteiger partial charge in [0.05, 0.1) is 23.5 Å². The van der Waals surface area contributed by atoms with Crippen molar-refractivity contribution in [3.8, 4) is 11.3 Å². The van der Waals surface area contributed by atoms with Crippen molar-refractivity contribution in [3.05, 3.63) is 36.3 Å². The van der Waals surface area contributed by atoms with Crippen LogP contribution >= 0.6 is 0 Å². The maximum atomic E-state index is 13.7. The van der Waals surface area contributed by atoms with E-state index in [4.69, 9.17) is 0 Å². The van der Waals surface area contributed by atoms with E-state index in [0.717, 1.165) is 24.6 Å². The van der Waals surface area contributed by atoms with Crippen molar-refractivity contribution in [2.75, 3.05) is 6.54 Å². The first-order chi connectivity index (χ1) is 8.27. The van der Waals surface area contributed by atoms with Crippen molar-refractivity contribution >= 4 is 0 Å². The lowest BCUT2D eigenvalue weighted by Gasteiger charge is -2.23. The van der Waals surface area contributed by atoms with E-state index in [1.807, 2.05) is 0 Å². The average Bonchev–Trinajstić information content (AvgIpc) is 2.75. The molecule has 0 aromatic carbocycles. The Hall–Kier alpha value is -1.75. The van der Waals surface area contributed by atoms with Crippen LogP contribution in [0.4, 0.5) is 4.39 Å². The molecule has 0 amide bonds. The normalized spacial score (nSPS) is 19.1. The van der Waals surface area contributed by atoms with Gasteiger partial charge in [0.1, 0.15) is 5.82 Å². The molecule has 1 unspecified atom stereocenters. The highest BCUT2D eigenvalue weighted by atomic mass is 19.1. The van der Waals surface area contributed by atoms with Crippen LogP contribution in [0, 0.1) is 5.95 Å². The molecule has 3 rings (SSSR count). The fourth-order valence-corrected chi connectivity index (χ4v) is 2.25. The van der Waals surface area contributed by atoms with E-state index in [1.165, 1.54) is 6.20 Å². The molecule has 1 atom stereocenters. The lowest BCUT2D eigenvalue weighted by atomic mass is 10.2. The Morgan fingerprint density at radius 3 is 3.18 bits per heavy atom. The number of aromatic nitrogens is 3. The molecular weight excluding hydrogens is 219 g/mol. The number of rotatable bonds is 1. The standard InChI is InChI=1S/C12H13FN4/c1-8-12-16-7-10(17(12)6-5-14-8)9-3-2-4-15-11(9)13/h2-4,7-8,14H,5-6H2,1H3. The number of imidazole rings is 1. The highest BCUT2D eigenvalue weighted by Gasteiger charge is 2.21. The molecule has 2 aromatic rings. The lowest BCUT2D eigenvalue weighted by Crippen LogP contribution is -2.32. The van der Waals surface area contributed by atoms with Crippen LogP contribution < -0.4 is 5.32 Å². The topological polar surface area (TPSA) is 42.7 Å². The second-order valence-corrected chi connectivity index (χ2v) is 4.17. The highest BCUT2D eigenvalue weighted by molar-refractivity contribution is 5.59. The van der Waals surface area contributed by atoms with E-state index in [1.54, 1.807) is 18.3 Å². The van der Waals surface area contributed by atoms with Gasteiger partial charge in [-0.2, -0.15) is 4.39 Å². The van der Waals surface area contributed by atoms with Gasteiger partial charge < -0.3 is 9.88 Å². The third-order valence-electron chi connectivity index (χ3n) is 3.09. The molecule has 0 spiro atoms. The summed E-state index contributed by atoms with van der Waals surface area (Å²) >= 11 is 0. The van der Waals surface area contributed by atoms with Crippen LogP contribution in [0.3, 0.4) is 0 Å². The summed E-state index contributed by atoms with van der Waals surface area (Å²) in [5.41, 5.74) is 1.32. The Morgan fingerprint density at radius 1 is 1.47 bits per heavy atom. The lowest BCUT2D eigenvalue weighted by molar-refractivity contribution is 0.438. The molecule has 4 nitrogen and oxygen atoms in total. The van der Waals surface area contributed by atoms with Gasteiger partial charge in [0, 0.05) is 19.3 Å². The van der Waals surface area contributed by atoms with Gasteiger partial charge in [0.2, 0.25) is 5.95 Å². The molecule has 0 saturated heterocycles. The molecule has 1 aliphatic rings. The fraction of sp³-hybridized carbons (Fsp3) is 0.333. The third kappa shape index (κ3) is 1.63. The molecule has 17 heavy (non-hydrogen) atoms. The van der Waals surface area contributed by atoms with Crippen molar-refractivity contribution in [3.63, 3.8) is 0 Å². The van der Waals surface area contributed by atoms with Crippen LogP contribution in [0.25, 0.3) is 11.3 Å². The quantitative estimate of drug-likeness (QED) is 0.762. The molecule has 0 bridgehead atoms. The van der Waals surface area contributed by atoms with Crippen LogP contribution in [0.15, 0.2) is 24.5 Å². The van der Waals surface area contributed by atoms with Crippen molar-refractivity contribution in [2.24, 2.45) is 0 Å². The van der Waals surface area contributed by atoms with E-state index in [2.05, 4.69) is 26.8 Å². The minimum Gasteiger partial charge on any atom is -0.325 e. The first-order valence-electron chi connectivity index (χ1n) is 5.67. The van der Waals surface area contributed by atoms with Gasteiger partial charge in [-0.15, -0.1) is 0 Å². The fourth-order valence-electron chi connectivity index (χ4n) is 2.25. The molecule has 1 aliphatic heterocycles. The van der Waals surface area contributed by atoms with Crippen LogP contribution in [-0.2, 0) is 6.54 Å². The summed E-state index contributed by atoms with van der Waals surface area (Å²) < 4.78 is 15.7. The number of hydrogen-bond acceptors (Lipinski definition) is 3. The summed E-state index contributed by atoms with van der Waals surface area (Å²) in [6.45, 7) is 3.74. The van der Waals surface area contributed by atoms with Crippen LogP contribution in [0.1, 0.15) is 18.8 Å². The van der Waals surface area contributed by atoms with Crippen molar-refractivity contribution in [1.29, 1.82) is 0 Å². The molecule has 88 valence electrons. The van der Waals surface area contributed by atoms with Gasteiger partial charge >= 0.3 is 0 Å². The summed E-state index contributed by atoms with van der Waals surface area (Å²) in [5.74, 6) is 0.510. The molecule has 0 aliphatic carbocycles. The Labute approximate surface area is 98.5 Å². The van der Waals surface area contributed by atoms with E-state index in [0.29, 0.717) is 5.56 Å². The van der Waals surface area contributed by atoms with Gasteiger partial charge in [-0.05, 0) is 19.1 Å². The van der Waals surface area contributed by atoms with Crippen molar-refractivity contribution in [2.45, 2.75) is 19.5 Å². The largest absolute Gasteiger partial charge is 0.325 e. The number of nitrogens with zero attached hydrogens (tertiary/aromatic N) is 3. The first kappa shape index (κ1) is 10.4. The first-order valence-corrected chi connectivity index (χ1v) is 5.67. The maximum Gasteiger partial charge on any atom is 0.222 e. The molecule has 1 N–H and O–H groups in total. The third-order valence-corrected chi connectivity index (χ3v) is 3.09. The maximum absolute atomic E-state index is 13.7.